The Kier molecular flexibility index (Phi) is 7.01. The molecule has 19 heavy (non-hydrogen) atoms. The lowest BCUT2D eigenvalue weighted by molar-refractivity contribution is -0.0298. The lowest BCUT2D eigenvalue weighted by atomic mass is 10.1. The number of ether oxygens (including phenoxy) is 2. The van der Waals surface area contributed by atoms with Crippen molar-refractivity contribution in [1.29, 1.82) is 0 Å². The van der Waals surface area contributed by atoms with Crippen LogP contribution in [-0.4, -0.2) is 34.7 Å². The van der Waals surface area contributed by atoms with Gasteiger partial charge in [-0.1, -0.05) is 30.3 Å². The van der Waals surface area contributed by atoms with Crippen LogP contribution in [0.4, 0.5) is 0 Å². The van der Waals surface area contributed by atoms with Crippen molar-refractivity contribution in [3.63, 3.8) is 0 Å². The standard InChI is InChI=1S/C13H21NO4S/c1-12(13-7-4-3-5-8-13)14-19(15,16)10-6-9-18-11-17-2/h3-5,7-8,12,14H,6,9-11H2,1-2H3/t12-/m1/s1. The number of benzene rings is 1. The predicted molar refractivity (Wildman–Crippen MR) is 74.2 cm³/mol. The summed E-state index contributed by atoms with van der Waals surface area (Å²) in [6.45, 7) is 2.39. The van der Waals surface area contributed by atoms with E-state index < -0.39 is 10.0 Å². The topological polar surface area (TPSA) is 64.6 Å². The van der Waals surface area contributed by atoms with Gasteiger partial charge in [-0.2, -0.15) is 0 Å². The highest BCUT2D eigenvalue weighted by Crippen LogP contribution is 2.12. The van der Waals surface area contributed by atoms with Crippen LogP contribution in [0.3, 0.4) is 0 Å². The molecule has 0 aromatic heterocycles. The third-order valence-electron chi connectivity index (χ3n) is 2.56. The zero-order chi connectivity index (χ0) is 14.1. The molecule has 1 N–H and O–H groups in total. The van der Waals surface area contributed by atoms with Crippen molar-refractivity contribution in [1.82, 2.24) is 4.72 Å². The molecule has 1 aromatic carbocycles. The maximum atomic E-state index is 11.8. The monoisotopic (exact) mass is 287 g/mol. The van der Waals surface area contributed by atoms with E-state index in [-0.39, 0.29) is 18.6 Å². The van der Waals surface area contributed by atoms with Crippen LogP contribution >= 0.6 is 0 Å². The Morgan fingerprint density at radius 2 is 1.95 bits per heavy atom. The average Bonchev–Trinajstić information content (AvgIpc) is 2.39. The van der Waals surface area contributed by atoms with E-state index >= 15 is 0 Å². The summed E-state index contributed by atoms with van der Waals surface area (Å²) >= 11 is 0. The first-order valence-corrected chi connectivity index (χ1v) is 7.82. The number of methoxy groups -OCH3 is 1. The molecule has 0 radical (unpaired) electrons. The van der Waals surface area contributed by atoms with Gasteiger partial charge in [0.15, 0.2) is 0 Å². The summed E-state index contributed by atoms with van der Waals surface area (Å²) in [6.07, 6.45) is 0.445. The number of rotatable bonds is 9. The lowest BCUT2D eigenvalue weighted by Gasteiger charge is -2.14. The van der Waals surface area contributed by atoms with E-state index in [4.69, 9.17) is 9.47 Å². The number of hydrogen-bond donors (Lipinski definition) is 1. The molecule has 0 saturated carbocycles. The molecule has 1 rings (SSSR count). The minimum Gasteiger partial charge on any atom is -0.359 e. The summed E-state index contributed by atoms with van der Waals surface area (Å²) in [5.74, 6) is 0.0495. The molecular weight excluding hydrogens is 266 g/mol. The van der Waals surface area contributed by atoms with E-state index in [2.05, 4.69) is 4.72 Å². The third-order valence-corrected chi connectivity index (χ3v) is 4.10. The average molecular weight is 287 g/mol. The number of nitrogens with one attached hydrogen (secondary N) is 1. The fourth-order valence-electron chi connectivity index (χ4n) is 1.63. The van der Waals surface area contributed by atoms with Gasteiger partial charge in [-0.3, -0.25) is 0 Å². The molecule has 0 bridgehead atoms. The maximum Gasteiger partial charge on any atom is 0.212 e. The molecule has 0 unspecified atom stereocenters. The van der Waals surface area contributed by atoms with Crippen molar-refractivity contribution in [2.24, 2.45) is 0 Å². The zero-order valence-electron chi connectivity index (χ0n) is 11.3. The van der Waals surface area contributed by atoms with E-state index in [1.807, 2.05) is 37.3 Å². The second-order valence-electron chi connectivity index (χ2n) is 4.24. The Morgan fingerprint density at radius 3 is 2.58 bits per heavy atom. The minimum atomic E-state index is -3.29. The molecular formula is C13H21NO4S. The van der Waals surface area contributed by atoms with Crippen molar-refractivity contribution in [2.75, 3.05) is 26.3 Å². The van der Waals surface area contributed by atoms with Crippen LogP contribution in [-0.2, 0) is 19.5 Å². The van der Waals surface area contributed by atoms with Gasteiger partial charge in [-0.05, 0) is 18.9 Å². The Bertz CT molecular complexity index is 447. The van der Waals surface area contributed by atoms with Crippen LogP contribution in [0.15, 0.2) is 30.3 Å². The van der Waals surface area contributed by atoms with Crippen LogP contribution in [0.5, 0.6) is 0 Å². The predicted octanol–water partition coefficient (Wildman–Crippen LogP) is 1.68. The van der Waals surface area contributed by atoms with Crippen LogP contribution in [0, 0.1) is 0 Å². The van der Waals surface area contributed by atoms with E-state index in [1.165, 1.54) is 7.11 Å². The summed E-state index contributed by atoms with van der Waals surface area (Å²) in [6, 6.07) is 9.24. The number of hydrogen-bond acceptors (Lipinski definition) is 4. The third kappa shape index (κ3) is 6.68. The maximum absolute atomic E-state index is 11.8. The van der Waals surface area contributed by atoms with Gasteiger partial charge in [-0.25, -0.2) is 13.1 Å². The van der Waals surface area contributed by atoms with Crippen molar-refractivity contribution >= 4 is 10.0 Å². The SMILES string of the molecule is COCOCCCS(=O)(=O)N[C@H](C)c1ccccc1. The van der Waals surface area contributed by atoms with Gasteiger partial charge in [0.2, 0.25) is 10.0 Å². The first-order valence-electron chi connectivity index (χ1n) is 6.17. The van der Waals surface area contributed by atoms with Crippen LogP contribution in [0.2, 0.25) is 0 Å². The molecule has 0 aliphatic carbocycles. The summed E-state index contributed by atoms with van der Waals surface area (Å²) in [7, 11) is -1.76. The van der Waals surface area contributed by atoms with Crippen LogP contribution in [0.25, 0.3) is 0 Å². The van der Waals surface area contributed by atoms with Crippen molar-refractivity contribution < 1.29 is 17.9 Å². The summed E-state index contributed by atoms with van der Waals surface area (Å²) < 4.78 is 36.1. The molecule has 5 nitrogen and oxygen atoms in total. The second-order valence-corrected chi connectivity index (χ2v) is 6.11. The molecule has 108 valence electrons. The van der Waals surface area contributed by atoms with E-state index in [0.717, 1.165) is 5.56 Å². The normalized spacial score (nSPS) is 13.4. The quantitative estimate of drug-likeness (QED) is 0.554. The highest BCUT2D eigenvalue weighted by molar-refractivity contribution is 7.89. The molecule has 0 heterocycles. The first-order chi connectivity index (χ1) is 9.05. The van der Waals surface area contributed by atoms with Crippen molar-refractivity contribution in [3.8, 4) is 0 Å². The molecule has 1 aromatic rings. The smallest absolute Gasteiger partial charge is 0.212 e. The van der Waals surface area contributed by atoms with Gasteiger partial charge >= 0.3 is 0 Å². The number of sulfonamides is 1. The molecule has 0 aliphatic rings. The molecule has 0 saturated heterocycles. The molecule has 1 atom stereocenters. The van der Waals surface area contributed by atoms with E-state index in [1.54, 1.807) is 0 Å². The summed E-state index contributed by atoms with van der Waals surface area (Å²) in [5, 5.41) is 0. The fourth-order valence-corrected chi connectivity index (χ4v) is 2.92. The van der Waals surface area contributed by atoms with Gasteiger partial charge in [0.1, 0.15) is 6.79 Å². The van der Waals surface area contributed by atoms with E-state index in [0.29, 0.717) is 13.0 Å². The molecule has 0 aliphatic heterocycles. The largest absolute Gasteiger partial charge is 0.359 e. The lowest BCUT2D eigenvalue weighted by Crippen LogP contribution is -2.29. The van der Waals surface area contributed by atoms with Crippen LogP contribution < -0.4 is 4.72 Å². The zero-order valence-corrected chi connectivity index (χ0v) is 12.2. The molecule has 6 heteroatoms. The minimum absolute atomic E-state index is 0.0495. The van der Waals surface area contributed by atoms with E-state index in [9.17, 15) is 8.42 Å². The molecule has 0 fully saturated rings. The summed E-state index contributed by atoms with van der Waals surface area (Å²) in [5.41, 5.74) is 0.946. The van der Waals surface area contributed by atoms with Gasteiger partial charge in [0.25, 0.3) is 0 Å². The Balaban J connectivity index is 2.38. The Labute approximate surface area is 115 Å². The fraction of sp³-hybridized carbons (Fsp3) is 0.538. The van der Waals surface area contributed by atoms with Crippen molar-refractivity contribution in [3.05, 3.63) is 35.9 Å². The van der Waals surface area contributed by atoms with Crippen LogP contribution in [0.1, 0.15) is 24.9 Å². The molecule has 0 spiro atoms. The van der Waals surface area contributed by atoms with Gasteiger partial charge in [0.05, 0.1) is 12.4 Å². The highest BCUT2D eigenvalue weighted by atomic mass is 32.2. The van der Waals surface area contributed by atoms with Gasteiger partial charge in [0, 0.05) is 13.2 Å². The molecule has 0 amide bonds. The van der Waals surface area contributed by atoms with Gasteiger partial charge < -0.3 is 9.47 Å². The Morgan fingerprint density at radius 1 is 1.26 bits per heavy atom. The van der Waals surface area contributed by atoms with Gasteiger partial charge in [-0.15, -0.1) is 0 Å². The van der Waals surface area contributed by atoms with Crippen molar-refractivity contribution in [2.45, 2.75) is 19.4 Å². The second kappa shape index (κ2) is 8.27. The summed E-state index contributed by atoms with van der Waals surface area (Å²) in [4.78, 5) is 0. The Hall–Kier alpha value is -0.950. The first kappa shape index (κ1) is 16.1. The highest BCUT2D eigenvalue weighted by Gasteiger charge is 2.15.